The van der Waals surface area contributed by atoms with E-state index < -0.39 is 6.10 Å². The predicted molar refractivity (Wildman–Crippen MR) is 96.8 cm³/mol. The van der Waals surface area contributed by atoms with Gasteiger partial charge in [-0.2, -0.15) is 0 Å². The van der Waals surface area contributed by atoms with Crippen LogP contribution in [0.15, 0.2) is 42.5 Å². The van der Waals surface area contributed by atoms with Gasteiger partial charge in [0.1, 0.15) is 5.75 Å². The molecule has 5 nitrogen and oxygen atoms in total. The molecule has 5 heteroatoms. The van der Waals surface area contributed by atoms with Gasteiger partial charge in [-0.25, -0.2) is 0 Å². The molecule has 0 spiro atoms. The highest BCUT2D eigenvalue weighted by atomic mass is 16.5. The summed E-state index contributed by atoms with van der Waals surface area (Å²) in [6.07, 6.45) is 0.601. The van der Waals surface area contributed by atoms with Crippen molar-refractivity contribution < 1.29 is 14.3 Å². The first kappa shape index (κ1) is 17.0. The van der Waals surface area contributed by atoms with E-state index in [9.17, 15) is 9.59 Å². The van der Waals surface area contributed by atoms with E-state index >= 15 is 0 Å². The number of carbonyl (C=O) groups is 2. The molecular formula is C20H22N2O3. The number of amides is 2. The summed E-state index contributed by atoms with van der Waals surface area (Å²) in [4.78, 5) is 23.7. The molecule has 2 amide bonds. The van der Waals surface area contributed by atoms with Crippen LogP contribution in [-0.4, -0.2) is 24.5 Å². The van der Waals surface area contributed by atoms with Crippen LogP contribution in [0, 0.1) is 6.92 Å². The number of nitrogens with one attached hydrogen (secondary N) is 2. The molecule has 0 aliphatic carbocycles. The average Bonchev–Trinajstić information content (AvgIpc) is 2.58. The predicted octanol–water partition coefficient (Wildman–Crippen LogP) is 2.62. The van der Waals surface area contributed by atoms with Crippen LogP contribution in [-0.2, 0) is 22.4 Å². The normalized spacial score (nSPS) is 15.8. The molecule has 1 aliphatic heterocycles. The molecule has 130 valence electrons. The van der Waals surface area contributed by atoms with Gasteiger partial charge in [0.25, 0.3) is 5.91 Å². The Kier molecular flexibility index (Phi) is 5.03. The first-order valence-corrected chi connectivity index (χ1v) is 8.44. The third kappa shape index (κ3) is 4.38. The molecule has 0 saturated heterocycles. The molecule has 3 rings (SSSR count). The minimum atomic E-state index is -0.473. The molecule has 1 aliphatic rings. The molecule has 25 heavy (non-hydrogen) atoms. The van der Waals surface area contributed by atoms with Crippen LogP contribution < -0.4 is 15.4 Å². The lowest BCUT2D eigenvalue weighted by Crippen LogP contribution is -2.34. The van der Waals surface area contributed by atoms with Gasteiger partial charge in [0.05, 0.1) is 12.1 Å². The highest BCUT2D eigenvalue weighted by Crippen LogP contribution is 2.30. The number of benzene rings is 2. The lowest BCUT2D eigenvalue weighted by Gasteiger charge is -2.23. The first-order valence-electron chi connectivity index (χ1n) is 8.44. The van der Waals surface area contributed by atoms with Crippen LogP contribution in [0.2, 0.25) is 0 Å². The third-order valence-electron chi connectivity index (χ3n) is 4.20. The van der Waals surface area contributed by atoms with Gasteiger partial charge in [-0.1, -0.05) is 35.9 Å². The van der Waals surface area contributed by atoms with Gasteiger partial charge in [-0.05, 0) is 43.5 Å². The SMILES string of the molecule is Cc1ccc(CC(=O)NCCc2ccc3c(c2)NC(=O)C(C)O3)cc1. The van der Waals surface area contributed by atoms with Crippen molar-refractivity contribution in [1.82, 2.24) is 5.32 Å². The van der Waals surface area contributed by atoms with Crippen molar-refractivity contribution in [3.05, 3.63) is 59.2 Å². The standard InChI is InChI=1S/C20H22N2O3/c1-13-3-5-15(6-4-13)12-19(23)21-10-9-16-7-8-18-17(11-16)22-20(24)14(2)25-18/h3-8,11,14H,9-10,12H2,1-2H3,(H,21,23)(H,22,24). The summed E-state index contributed by atoms with van der Waals surface area (Å²) >= 11 is 0. The Morgan fingerprint density at radius 2 is 1.88 bits per heavy atom. The summed E-state index contributed by atoms with van der Waals surface area (Å²) in [6.45, 7) is 4.29. The molecule has 1 atom stereocenters. The number of aryl methyl sites for hydroxylation is 1. The zero-order valence-electron chi connectivity index (χ0n) is 14.5. The Bertz CT molecular complexity index is 784. The van der Waals surface area contributed by atoms with Gasteiger partial charge in [-0.3, -0.25) is 9.59 Å². The van der Waals surface area contributed by atoms with E-state index in [1.807, 2.05) is 49.4 Å². The van der Waals surface area contributed by atoms with Gasteiger partial charge in [-0.15, -0.1) is 0 Å². The average molecular weight is 338 g/mol. The lowest BCUT2D eigenvalue weighted by molar-refractivity contribution is -0.122. The smallest absolute Gasteiger partial charge is 0.265 e. The van der Waals surface area contributed by atoms with Crippen LogP contribution >= 0.6 is 0 Å². The number of rotatable bonds is 5. The number of anilines is 1. The summed E-state index contributed by atoms with van der Waals surface area (Å²) in [5.41, 5.74) is 3.91. The first-order chi connectivity index (χ1) is 12.0. The van der Waals surface area contributed by atoms with Crippen molar-refractivity contribution in [3.8, 4) is 5.75 Å². The molecule has 0 aromatic heterocycles. The topological polar surface area (TPSA) is 67.4 Å². The number of fused-ring (bicyclic) bond motifs is 1. The van der Waals surface area contributed by atoms with Crippen LogP contribution in [0.4, 0.5) is 5.69 Å². The zero-order valence-corrected chi connectivity index (χ0v) is 14.5. The van der Waals surface area contributed by atoms with E-state index in [4.69, 9.17) is 4.74 Å². The molecule has 2 N–H and O–H groups in total. The fourth-order valence-electron chi connectivity index (χ4n) is 2.71. The lowest BCUT2D eigenvalue weighted by atomic mass is 10.1. The Balaban J connectivity index is 1.50. The van der Waals surface area contributed by atoms with E-state index in [2.05, 4.69) is 10.6 Å². The monoisotopic (exact) mass is 338 g/mol. The van der Waals surface area contributed by atoms with Gasteiger partial charge >= 0.3 is 0 Å². The summed E-state index contributed by atoms with van der Waals surface area (Å²) in [7, 11) is 0. The Labute approximate surface area is 147 Å². The second kappa shape index (κ2) is 7.38. The van der Waals surface area contributed by atoms with E-state index in [0.717, 1.165) is 11.1 Å². The van der Waals surface area contributed by atoms with Crippen LogP contribution in [0.25, 0.3) is 0 Å². The van der Waals surface area contributed by atoms with Crippen molar-refractivity contribution >= 4 is 17.5 Å². The van der Waals surface area contributed by atoms with E-state index in [0.29, 0.717) is 30.8 Å². The van der Waals surface area contributed by atoms with E-state index in [1.54, 1.807) is 6.92 Å². The second-order valence-electron chi connectivity index (χ2n) is 6.34. The van der Waals surface area contributed by atoms with Crippen molar-refractivity contribution in [2.75, 3.05) is 11.9 Å². The number of hydrogen-bond donors (Lipinski definition) is 2. The van der Waals surface area contributed by atoms with Crippen molar-refractivity contribution in [3.63, 3.8) is 0 Å². The zero-order chi connectivity index (χ0) is 17.8. The van der Waals surface area contributed by atoms with E-state index in [1.165, 1.54) is 5.56 Å². The van der Waals surface area contributed by atoms with Crippen molar-refractivity contribution in [2.24, 2.45) is 0 Å². The Hall–Kier alpha value is -2.82. The van der Waals surface area contributed by atoms with Crippen molar-refractivity contribution in [1.29, 1.82) is 0 Å². The molecule has 0 bridgehead atoms. The van der Waals surface area contributed by atoms with Crippen LogP contribution in [0.3, 0.4) is 0 Å². The van der Waals surface area contributed by atoms with Gasteiger partial charge in [0, 0.05) is 6.54 Å². The highest BCUT2D eigenvalue weighted by Gasteiger charge is 2.23. The Morgan fingerprint density at radius 1 is 1.16 bits per heavy atom. The van der Waals surface area contributed by atoms with Crippen LogP contribution in [0.5, 0.6) is 5.75 Å². The maximum absolute atomic E-state index is 12.0. The summed E-state index contributed by atoms with van der Waals surface area (Å²) in [5, 5.41) is 5.77. The summed E-state index contributed by atoms with van der Waals surface area (Å²) in [5.74, 6) is 0.544. The summed E-state index contributed by atoms with van der Waals surface area (Å²) < 4.78 is 5.53. The molecule has 0 fully saturated rings. The number of ether oxygens (including phenoxy) is 1. The second-order valence-corrected chi connectivity index (χ2v) is 6.34. The van der Waals surface area contributed by atoms with E-state index in [-0.39, 0.29) is 11.8 Å². The molecule has 0 radical (unpaired) electrons. The summed E-state index contributed by atoms with van der Waals surface area (Å²) in [6, 6.07) is 13.7. The Morgan fingerprint density at radius 3 is 2.64 bits per heavy atom. The highest BCUT2D eigenvalue weighted by molar-refractivity contribution is 5.97. The fourth-order valence-corrected chi connectivity index (χ4v) is 2.71. The molecule has 0 saturated carbocycles. The quantitative estimate of drug-likeness (QED) is 0.881. The fraction of sp³-hybridized carbons (Fsp3) is 0.300. The van der Waals surface area contributed by atoms with Crippen LogP contribution in [0.1, 0.15) is 23.6 Å². The van der Waals surface area contributed by atoms with Gasteiger partial charge in [0.2, 0.25) is 5.91 Å². The van der Waals surface area contributed by atoms with Crippen molar-refractivity contribution in [2.45, 2.75) is 32.8 Å². The maximum atomic E-state index is 12.0. The minimum absolute atomic E-state index is 0.00674. The largest absolute Gasteiger partial charge is 0.479 e. The van der Waals surface area contributed by atoms with Gasteiger partial charge in [0.15, 0.2) is 6.10 Å². The number of carbonyl (C=O) groups excluding carboxylic acids is 2. The maximum Gasteiger partial charge on any atom is 0.265 e. The molecular weight excluding hydrogens is 316 g/mol. The number of hydrogen-bond acceptors (Lipinski definition) is 3. The third-order valence-corrected chi connectivity index (χ3v) is 4.20. The molecule has 2 aromatic rings. The molecule has 1 heterocycles. The minimum Gasteiger partial charge on any atom is -0.479 e. The molecule has 2 aromatic carbocycles. The molecule has 1 unspecified atom stereocenters. The van der Waals surface area contributed by atoms with Gasteiger partial charge < -0.3 is 15.4 Å².